The van der Waals surface area contributed by atoms with Gasteiger partial charge in [0.15, 0.2) is 0 Å². The zero-order valence-electron chi connectivity index (χ0n) is 18.5. The Morgan fingerprint density at radius 2 is 1.84 bits per heavy atom. The molecule has 2 aromatic carbocycles. The Morgan fingerprint density at radius 1 is 1.06 bits per heavy atom. The Balaban J connectivity index is 1.63. The number of furan rings is 1. The quantitative estimate of drug-likeness (QED) is 0.475. The van der Waals surface area contributed by atoms with Crippen LogP contribution >= 0.6 is 0 Å². The highest BCUT2D eigenvalue weighted by Gasteiger charge is 2.17. The van der Waals surface area contributed by atoms with E-state index in [-0.39, 0.29) is 12.0 Å². The Morgan fingerprint density at radius 3 is 2.48 bits per heavy atom. The molecule has 0 fully saturated rings. The average molecular weight is 422 g/mol. The van der Waals surface area contributed by atoms with Gasteiger partial charge >= 0.3 is 0 Å². The number of rotatable bonds is 10. The normalized spacial score (nSPS) is 12.7. The van der Waals surface area contributed by atoms with Crippen LogP contribution in [-0.4, -0.2) is 35.5 Å². The van der Waals surface area contributed by atoms with Crippen molar-refractivity contribution < 1.29 is 19.1 Å². The van der Waals surface area contributed by atoms with E-state index in [1.807, 2.05) is 12.1 Å². The highest BCUT2D eigenvalue weighted by molar-refractivity contribution is 5.75. The van der Waals surface area contributed by atoms with Gasteiger partial charge in [-0.15, -0.1) is 0 Å². The van der Waals surface area contributed by atoms with E-state index in [2.05, 4.69) is 49.9 Å². The third-order valence-corrected chi connectivity index (χ3v) is 5.09. The smallest absolute Gasteiger partial charge is 0.150 e. The number of aliphatic hydroxyl groups is 1. The van der Waals surface area contributed by atoms with Gasteiger partial charge in [-0.25, -0.2) is 0 Å². The van der Waals surface area contributed by atoms with Gasteiger partial charge in [0.25, 0.3) is 0 Å². The maximum absolute atomic E-state index is 10.9. The van der Waals surface area contributed by atoms with Gasteiger partial charge in [0.2, 0.25) is 0 Å². The molecular formula is C26H31NO4. The van der Waals surface area contributed by atoms with Crippen LogP contribution in [0.25, 0.3) is 0 Å². The third kappa shape index (κ3) is 7.09. The molecule has 1 heterocycles. The fourth-order valence-electron chi connectivity index (χ4n) is 3.40. The number of carbonyl (C=O) groups is 1. The summed E-state index contributed by atoms with van der Waals surface area (Å²) in [5, 5.41) is 10.6. The van der Waals surface area contributed by atoms with E-state index >= 15 is 0 Å². The van der Waals surface area contributed by atoms with Gasteiger partial charge < -0.3 is 14.3 Å². The van der Waals surface area contributed by atoms with Crippen LogP contribution in [0.3, 0.4) is 0 Å². The van der Waals surface area contributed by atoms with Gasteiger partial charge in [0.05, 0.1) is 12.8 Å². The molecule has 1 unspecified atom stereocenters. The molecule has 0 bridgehead atoms. The second-order valence-electron chi connectivity index (χ2n) is 8.85. The van der Waals surface area contributed by atoms with E-state index in [0.717, 1.165) is 12.0 Å². The standard InChI is InChI=1S/C26H31NO4/c1-26(2,3)22-11-9-20(10-12-22)15-27(17-25-8-5-13-30-25)16-23(29)19-31-24-7-4-6-21(14-24)18-28/h4-14,18,23,29H,15-17,19H2,1-3H3. The van der Waals surface area contributed by atoms with Gasteiger partial charge in [-0.3, -0.25) is 9.69 Å². The Labute approximate surface area is 184 Å². The second-order valence-corrected chi connectivity index (χ2v) is 8.85. The van der Waals surface area contributed by atoms with Gasteiger partial charge in [0.1, 0.15) is 30.5 Å². The van der Waals surface area contributed by atoms with Crippen LogP contribution < -0.4 is 4.74 Å². The second kappa shape index (κ2) is 10.4. The van der Waals surface area contributed by atoms with Crippen LogP contribution in [0.15, 0.2) is 71.3 Å². The molecule has 0 amide bonds. The first-order valence-corrected chi connectivity index (χ1v) is 10.5. The lowest BCUT2D eigenvalue weighted by atomic mass is 9.87. The lowest BCUT2D eigenvalue weighted by molar-refractivity contribution is 0.0604. The Bertz CT molecular complexity index is 942. The molecule has 0 saturated heterocycles. The summed E-state index contributed by atoms with van der Waals surface area (Å²) in [6, 6.07) is 19.3. The number of hydrogen-bond acceptors (Lipinski definition) is 5. The summed E-state index contributed by atoms with van der Waals surface area (Å²) in [4.78, 5) is 13.1. The maximum atomic E-state index is 10.9. The van der Waals surface area contributed by atoms with E-state index in [9.17, 15) is 9.90 Å². The largest absolute Gasteiger partial charge is 0.491 e. The van der Waals surface area contributed by atoms with Crippen molar-refractivity contribution in [2.75, 3.05) is 13.2 Å². The molecule has 0 aliphatic rings. The lowest BCUT2D eigenvalue weighted by Crippen LogP contribution is -2.35. The van der Waals surface area contributed by atoms with Gasteiger partial charge in [-0.2, -0.15) is 0 Å². The fraction of sp³-hybridized carbons (Fsp3) is 0.346. The minimum absolute atomic E-state index is 0.112. The first kappa shape index (κ1) is 22.8. The maximum Gasteiger partial charge on any atom is 0.150 e. The molecule has 1 atom stereocenters. The van der Waals surface area contributed by atoms with Crippen LogP contribution in [0, 0.1) is 0 Å². The summed E-state index contributed by atoms with van der Waals surface area (Å²) in [6.07, 6.45) is 1.74. The molecule has 0 aliphatic carbocycles. The molecule has 1 N–H and O–H groups in total. The van der Waals surface area contributed by atoms with E-state index in [4.69, 9.17) is 9.15 Å². The first-order chi connectivity index (χ1) is 14.8. The molecule has 3 aromatic rings. The number of ether oxygens (including phenoxy) is 1. The van der Waals surface area contributed by atoms with Crippen molar-refractivity contribution in [3.63, 3.8) is 0 Å². The summed E-state index contributed by atoms with van der Waals surface area (Å²) in [5.41, 5.74) is 3.12. The van der Waals surface area contributed by atoms with Crippen LogP contribution in [0.5, 0.6) is 5.75 Å². The Hall–Kier alpha value is -2.89. The third-order valence-electron chi connectivity index (χ3n) is 5.09. The molecule has 5 nitrogen and oxygen atoms in total. The van der Waals surface area contributed by atoms with E-state index in [0.29, 0.717) is 30.9 Å². The lowest BCUT2D eigenvalue weighted by Gasteiger charge is -2.25. The van der Waals surface area contributed by atoms with Crippen molar-refractivity contribution in [1.29, 1.82) is 0 Å². The van der Waals surface area contributed by atoms with E-state index < -0.39 is 6.10 Å². The molecule has 3 rings (SSSR count). The molecule has 0 aliphatic heterocycles. The van der Waals surface area contributed by atoms with Gasteiger partial charge in [0, 0.05) is 18.7 Å². The van der Waals surface area contributed by atoms with E-state index in [1.165, 1.54) is 11.1 Å². The molecule has 31 heavy (non-hydrogen) atoms. The molecular weight excluding hydrogens is 390 g/mol. The minimum atomic E-state index is -0.691. The van der Waals surface area contributed by atoms with Crippen molar-refractivity contribution in [1.82, 2.24) is 4.90 Å². The molecule has 0 spiro atoms. The zero-order valence-corrected chi connectivity index (χ0v) is 18.5. The fourth-order valence-corrected chi connectivity index (χ4v) is 3.40. The summed E-state index contributed by atoms with van der Waals surface area (Å²) >= 11 is 0. The molecule has 0 saturated carbocycles. The highest BCUT2D eigenvalue weighted by Crippen LogP contribution is 2.23. The SMILES string of the molecule is CC(C)(C)c1ccc(CN(Cc2ccco2)CC(O)COc2cccc(C=O)c2)cc1. The summed E-state index contributed by atoms with van der Waals surface area (Å²) in [6.45, 7) is 8.44. The van der Waals surface area contributed by atoms with E-state index in [1.54, 1.807) is 30.5 Å². The van der Waals surface area contributed by atoms with Crippen LogP contribution in [0.2, 0.25) is 0 Å². The van der Waals surface area contributed by atoms with Crippen molar-refractivity contribution in [3.8, 4) is 5.75 Å². The monoisotopic (exact) mass is 421 g/mol. The Kier molecular flexibility index (Phi) is 7.66. The minimum Gasteiger partial charge on any atom is -0.491 e. The number of carbonyl (C=O) groups excluding carboxylic acids is 1. The van der Waals surface area contributed by atoms with Crippen molar-refractivity contribution in [3.05, 3.63) is 89.4 Å². The summed E-state index contributed by atoms with van der Waals surface area (Å²) < 4.78 is 11.2. The average Bonchev–Trinajstić information content (AvgIpc) is 3.25. The molecule has 164 valence electrons. The van der Waals surface area contributed by atoms with Gasteiger partial charge in [-0.1, -0.05) is 57.2 Å². The van der Waals surface area contributed by atoms with Crippen molar-refractivity contribution >= 4 is 6.29 Å². The van der Waals surface area contributed by atoms with Gasteiger partial charge in [-0.05, 0) is 40.8 Å². The predicted molar refractivity (Wildman–Crippen MR) is 121 cm³/mol. The van der Waals surface area contributed by atoms with Crippen LogP contribution in [0.4, 0.5) is 0 Å². The predicted octanol–water partition coefficient (Wildman–Crippen LogP) is 4.83. The van der Waals surface area contributed by atoms with Crippen LogP contribution in [0.1, 0.15) is 48.0 Å². The number of benzene rings is 2. The number of hydrogen-bond donors (Lipinski definition) is 1. The molecule has 5 heteroatoms. The molecule has 1 aromatic heterocycles. The first-order valence-electron chi connectivity index (χ1n) is 10.5. The molecule has 0 radical (unpaired) electrons. The topological polar surface area (TPSA) is 62.9 Å². The highest BCUT2D eigenvalue weighted by atomic mass is 16.5. The summed E-state index contributed by atoms with van der Waals surface area (Å²) in [7, 11) is 0. The van der Waals surface area contributed by atoms with Crippen molar-refractivity contribution in [2.45, 2.75) is 45.4 Å². The number of aldehydes is 1. The summed E-state index contributed by atoms with van der Waals surface area (Å²) in [5.74, 6) is 1.41. The van der Waals surface area contributed by atoms with Crippen molar-refractivity contribution in [2.24, 2.45) is 0 Å². The zero-order chi connectivity index (χ0) is 22.3. The van der Waals surface area contributed by atoms with Crippen LogP contribution in [-0.2, 0) is 18.5 Å². The number of aliphatic hydroxyl groups excluding tert-OH is 1. The number of nitrogens with zero attached hydrogens (tertiary/aromatic N) is 1.